The standard InChI is InChI=1S/C17H13N3O2S/c21-11-7-5-10(6-8-11)9-14-16(22)20-15(18-14)12-3-1-2-4-13(12)19-17(20)23/h1-8,14,18,21H,9H2. The van der Waals surface area contributed by atoms with Gasteiger partial charge in [-0.05, 0) is 42.0 Å². The fourth-order valence-corrected chi connectivity index (χ4v) is 3.16. The summed E-state index contributed by atoms with van der Waals surface area (Å²) in [5.41, 5.74) is 1.74. The summed E-state index contributed by atoms with van der Waals surface area (Å²) in [5, 5.41) is 13.5. The molecule has 0 radical (unpaired) electrons. The summed E-state index contributed by atoms with van der Waals surface area (Å²) in [5.74, 6) is 0.811. The number of benzene rings is 2. The third-order valence-corrected chi connectivity index (χ3v) is 4.27. The molecule has 1 unspecified atom stereocenters. The lowest BCUT2D eigenvalue weighted by Crippen LogP contribution is -2.27. The van der Waals surface area contributed by atoms with E-state index in [-0.39, 0.29) is 16.4 Å². The summed E-state index contributed by atoms with van der Waals surface area (Å²) in [4.78, 5) is 17.0. The van der Waals surface area contributed by atoms with Crippen molar-refractivity contribution in [2.75, 3.05) is 5.32 Å². The molecule has 2 N–H and O–H groups in total. The Bertz CT molecular complexity index is 979. The van der Waals surface area contributed by atoms with Gasteiger partial charge in [-0.1, -0.05) is 24.3 Å². The number of aromatic nitrogens is 2. The molecule has 3 aromatic rings. The summed E-state index contributed by atoms with van der Waals surface area (Å²) < 4.78 is 1.74. The topological polar surface area (TPSA) is 67.2 Å². The van der Waals surface area contributed by atoms with Gasteiger partial charge in [0.2, 0.25) is 4.77 Å². The largest absolute Gasteiger partial charge is 0.508 e. The van der Waals surface area contributed by atoms with Gasteiger partial charge >= 0.3 is 0 Å². The van der Waals surface area contributed by atoms with Gasteiger partial charge in [-0.3, -0.25) is 4.79 Å². The highest BCUT2D eigenvalue weighted by atomic mass is 32.1. The minimum absolute atomic E-state index is 0.101. The van der Waals surface area contributed by atoms with Crippen LogP contribution in [0, 0.1) is 4.77 Å². The molecule has 2 heterocycles. The number of rotatable bonds is 2. The smallest absolute Gasteiger partial charge is 0.257 e. The van der Waals surface area contributed by atoms with Crippen molar-refractivity contribution in [3.8, 4) is 5.75 Å². The van der Waals surface area contributed by atoms with Gasteiger partial charge in [0.1, 0.15) is 17.6 Å². The van der Waals surface area contributed by atoms with Crippen LogP contribution in [0.1, 0.15) is 10.4 Å². The molecule has 6 heteroatoms. The van der Waals surface area contributed by atoms with Crippen molar-refractivity contribution in [3.63, 3.8) is 0 Å². The molecule has 0 amide bonds. The second-order valence-electron chi connectivity index (χ2n) is 5.50. The molecule has 0 spiro atoms. The second kappa shape index (κ2) is 5.17. The zero-order valence-corrected chi connectivity index (χ0v) is 12.9. The summed E-state index contributed by atoms with van der Waals surface area (Å²) in [7, 11) is 0. The van der Waals surface area contributed by atoms with Gasteiger partial charge in [0.25, 0.3) is 5.91 Å². The average molecular weight is 323 g/mol. The van der Waals surface area contributed by atoms with Gasteiger partial charge in [0.05, 0.1) is 5.52 Å². The number of anilines is 1. The van der Waals surface area contributed by atoms with Crippen LogP contribution in [0.25, 0.3) is 10.9 Å². The minimum atomic E-state index is -0.395. The molecule has 1 aliphatic rings. The molecule has 4 rings (SSSR count). The van der Waals surface area contributed by atoms with Crippen LogP contribution in [-0.4, -0.2) is 26.6 Å². The number of hydrogen-bond donors (Lipinski definition) is 2. The number of phenols is 1. The number of carbonyl (C=O) groups excluding carboxylic acids is 1. The highest BCUT2D eigenvalue weighted by Gasteiger charge is 2.31. The van der Waals surface area contributed by atoms with Gasteiger partial charge < -0.3 is 10.4 Å². The molecular weight excluding hydrogens is 310 g/mol. The first-order valence-electron chi connectivity index (χ1n) is 7.24. The van der Waals surface area contributed by atoms with Crippen LogP contribution < -0.4 is 5.32 Å². The number of carbonyl (C=O) groups is 1. The van der Waals surface area contributed by atoms with Crippen LogP contribution in [-0.2, 0) is 6.42 Å². The molecule has 1 atom stereocenters. The molecule has 1 aliphatic heterocycles. The minimum Gasteiger partial charge on any atom is -0.508 e. The Morgan fingerprint density at radius 3 is 2.70 bits per heavy atom. The third-order valence-electron chi connectivity index (χ3n) is 4.00. The highest BCUT2D eigenvalue weighted by molar-refractivity contribution is 7.71. The quantitative estimate of drug-likeness (QED) is 0.709. The molecule has 0 bridgehead atoms. The molecule has 2 aromatic carbocycles. The predicted octanol–water partition coefficient (Wildman–Crippen LogP) is 3.15. The summed E-state index contributed by atoms with van der Waals surface area (Å²) in [6, 6.07) is 14.1. The van der Waals surface area contributed by atoms with E-state index in [0.717, 1.165) is 16.5 Å². The third kappa shape index (κ3) is 2.27. The van der Waals surface area contributed by atoms with Crippen molar-refractivity contribution in [2.24, 2.45) is 0 Å². The van der Waals surface area contributed by atoms with Gasteiger partial charge in [0, 0.05) is 11.8 Å². The van der Waals surface area contributed by atoms with Crippen molar-refractivity contribution in [2.45, 2.75) is 12.5 Å². The zero-order chi connectivity index (χ0) is 16.0. The van der Waals surface area contributed by atoms with Crippen LogP contribution in [0.5, 0.6) is 5.75 Å². The van der Waals surface area contributed by atoms with Crippen molar-refractivity contribution >= 4 is 34.8 Å². The number of phenolic OH excluding ortho intramolecular Hbond substituents is 1. The lowest BCUT2D eigenvalue weighted by atomic mass is 10.1. The van der Waals surface area contributed by atoms with Crippen molar-refractivity contribution in [3.05, 3.63) is 58.9 Å². The van der Waals surface area contributed by atoms with E-state index in [1.165, 1.54) is 4.57 Å². The first-order valence-corrected chi connectivity index (χ1v) is 7.65. The molecule has 0 saturated heterocycles. The van der Waals surface area contributed by atoms with Crippen molar-refractivity contribution in [1.29, 1.82) is 0 Å². The molecule has 0 aliphatic carbocycles. The number of hydrogen-bond acceptors (Lipinski definition) is 5. The SMILES string of the molecule is O=C1C(Cc2ccc(O)cc2)Nc2c3ccccc3nc(=S)n21. The van der Waals surface area contributed by atoms with E-state index in [1.54, 1.807) is 12.1 Å². The van der Waals surface area contributed by atoms with Crippen LogP contribution in [0.2, 0.25) is 0 Å². The number of nitrogens with zero attached hydrogens (tertiary/aromatic N) is 2. The Kier molecular flexibility index (Phi) is 3.12. The van der Waals surface area contributed by atoms with E-state index in [9.17, 15) is 9.90 Å². The number of fused-ring (bicyclic) bond motifs is 3. The molecule has 0 fully saturated rings. The molecule has 23 heavy (non-hydrogen) atoms. The molecule has 1 aromatic heterocycles. The van der Waals surface area contributed by atoms with Gasteiger partial charge in [-0.2, -0.15) is 0 Å². The highest BCUT2D eigenvalue weighted by Crippen LogP contribution is 2.29. The maximum atomic E-state index is 12.7. The van der Waals surface area contributed by atoms with E-state index < -0.39 is 6.04 Å². The first-order chi connectivity index (χ1) is 11.1. The van der Waals surface area contributed by atoms with Crippen molar-refractivity contribution < 1.29 is 9.90 Å². The Balaban J connectivity index is 1.75. The van der Waals surface area contributed by atoms with Crippen LogP contribution in [0.4, 0.5) is 5.82 Å². The Labute approximate surface area is 137 Å². The average Bonchev–Trinajstić information content (AvgIpc) is 2.87. The van der Waals surface area contributed by atoms with Gasteiger partial charge in [0.15, 0.2) is 0 Å². The van der Waals surface area contributed by atoms with E-state index >= 15 is 0 Å². The summed E-state index contributed by atoms with van der Waals surface area (Å²) in [6.45, 7) is 0. The maximum Gasteiger partial charge on any atom is 0.257 e. The maximum absolute atomic E-state index is 12.7. The normalized spacial score (nSPS) is 16.3. The van der Waals surface area contributed by atoms with Gasteiger partial charge in [-0.15, -0.1) is 0 Å². The fourth-order valence-electron chi connectivity index (χ4n) is 2.88. The first kappa shape index (κ1) is 13.9. The van der Waals surface area contributed by atoms with E-state index in [0.29, 0.717) is 12.2 Å². The van der Waals surface area contributed by atoms with Crippen LogP contribution >= 0.6 is 12.2 Å². The van der Waals surface area contributed by atoms with E-state index in [1.807, 2.05) is 36.4 Å². The Morgan fingerprint density at radius 1 is 1.17 bits per heavy atom. The number of aromatic hydroxyl groups is 1. The second-order valence-corrected chi connectivity index (χ2v) is 5.87. The lowest BCUT2D eigenvalue weighted by Gasteiger charge is -2.09. The monoisotopic (exact) mass is 323 g/mol. The van der Waals surface area contributed by atoms with Crippen molar-refractivity contribution in [1.82, 2.24) is 9.55 Å². The fraction of sp³-hybridized carbons (Fsp3) is 0.118. The predicted molar refractivity (Wildman–Crippen MR) is 90.4 cm³/mol. The summed E-state index contributed by atoms with van der Waals surface area (Å²) >= 11 is 5.28. The molecular formula is C17H13N3O2S. The molecule has 0 saturated carbocycles. The van der Waals surface area contributed by atoms with Crippen LogP contribution in [0.3, 0.4) is 0 Å². The molecule has 114 valence electrons. The summed E-state index contributed by atoms with van der Waals surface area (Å²) in [6.07, 6.45) is 0.518. The Hall–Kier alpha value is -2.73. The van der Waals surface area contributed by atoms with E-state index in [4.69, 9.17) is 12.2 Å². The van der Waals surface area contributed by atoms with Gasteiger partial charge in [-0.25, -0.2) is 9.55 Å². The zero-order valence-electron chi connectivity index (χ0n) is 12.1. The number of para-hydroxylation sites is 1. The molecule has 5 nitrogen and oxygen atoms in total. The lowest BCUT2D eigenvalue weighted by molar-refractivity contribution is 0.0905. The van der Waals surface area contributed by atoms with E-state index in [2.05, 4.69) is 10.3 Å². The number of nitrogens with one attached hydrogen (secondary N) is 1. The van der Waals surface area contributed by atoms with Crippen LogP contribution in [0.15, 0.2) is 48.5 Å². The Morgan fingerprint density at radius 2 is 1.91 bits per heavy atom.